The average Bonchev–Trinajstić information content (AvgIpc) is 3.38. The van der Waals surface area contributed by atoms with Gasteiger partial charge in [0.1, 0.15) is 5.30 Å². The van der Waals surface area contributed by atoms with Crippen molar-refractivity contribution in [2.45, 2.75) is 0 Å². The lowest BCUT2D eigenvalue weighted by Crippen LogP contribution is -2.12. The predicted octanol–water partition coefficient (Wildman–Crippen LogP) is 3.46. The number of rotatable bonds is 1. The van der Waals surface area contributed by atoms with Gasteiger partial charge >= 0.3 is 7.60 Å². The van der Waals surface area contributed by atoms with Gasteiger partial charge in [-0.3, -0.25) is 4.57 Å². The van der Waals surface area contributed by atoms with Crippen molar-refractivity contribution in [3.8, 4) is 0 Å². The number of aromatic nitrogens is 4. The second kappa shape index (κ2) is 6.14. The zero-order valence-electron chi connectivity index (χ0n) is 14.5. The summed E-state index contributed by atoms with van der Waals surface area (Å²) in [7, 11) is -4.59. The van der Waals surface area contributed by atoms with Gasteiger partial charge in [-0.2, -0.15) is 0 Å². The summed E-state index contributed by atoms with van der Waals surface area (Å²) in [5.74, 6) is 0. The molecule has 28 heavy (non-hydrogen) atoms. The van der Waals surface area contributed by atoms with Crippen molar-refractivity contribution in [1.29, 1.82) is 0 Å². The Balaban J connectivity index is 1.92. The molecule has 0 saturated heterocycles. The maximum absolute atomic E-state index is 12.2. The molecule has 8 bridgehead atoms. The molecule has 0 saturated carbocycles. The minimum absolute atomic E-state index is 0.174. The van der Waals surface area contributed by atoms with E-state index in [0.29, 0.717) is 11.4 Å². The van der Waals surface area contributed by atoms with E-state index in [1.54, 1.807) is 24.3 Å². The van der Waals surface area contributed by atoms with Crippen molar-refractivity contribution < 1.29 is 14.4 Å². The summed E-state index contributed by atoms with van der Waals surface area (Å²) in [4.78, 5) is 35.2. The number of hydrogen-bond acceptors (Lipinski definition) is 3. The van der Waals surface area contributed by atoms with Crippen LogP contribution in [0, 0.1) is 0 Å². The van der Waals surface area contributed by atoms with Crippen molar-refractivity contribution in [2.75, 3.05) is 0 Å². The molecule has 2 aliphatic heterocycles. The highest BCUT2D eigenvalue weighted by Crippen LogP contribution is 2.37. The Hall–Kier alpha value is -3.25. The Kier molecular flexibility index (Phi) is 3.70. The van der Waals surface area contributed by atoms with Crippen molar-refractivity contribution in [3.05, 3.63) is 65.2 Å². The molecule has 0 aliphatic carbocycles. The Morgan fingerprint density at radius 2 is 1.11 bits per heavy atom. The average molecular weight is 390 g/mol. The Labute approximate surface area is 159 Å². The predicted molar refractivity (Wildman–Crippen MR) is 111 cm³/mol. The van der Waals surface area contributed by atoms with Crippen LogP contribution in [0.2, 0.25) is 0 Å². The minimum atomic E-state index is -4.59. The van der Waals surface area contributed by atoms with Crippen LogP contribution in [0.4, 0.5) is 0 Å². The smallest absolute Gasteiger partial charge is 0.355 e. The maximum Gasteiger partial charge on any atom is 0.360 e. The third-order valence-electron chi connectivity index (χ3n) is 4.48. The molecule has 7 nitrogen and oxygen atoms in total. The van der Waals surface area contributed by atoms with Gasteiger partial charge in [-0.05, 0) is 66.8 Å². The fourth-order valence-corrected chi connectivity index (χ4v) is 4.14. The van der Waals surface area contributed by atoms with Crippen molar-refractivity contribution in [2.24, 2.45) is 0 Å². The summed E-state index contributed by atoms with van der Waals surface area (Å²) in [6.45, 7) is 0. The highest BCUT2D eigenvalue weighted by atomic mass is 31.2. The lowest BCUT2D eigenvalue weighted by Gasteiger charge is -2.05. The highest BCUT2D eigenvalue weighted by molar-refractivity contribution is 7.60. The standard InChI is InChI=1S/C20H15N4O3P/c25-28(26,27)20-18-7-5-16(23-18)10-14-3-1-12(21-14)9-13-2-4-15(22-13)11-17-6-8-19(20)24-17/h1-11,21-22H,(H2,25,26,27). The van der Waals surface area contributed by atoms with Crippen LogP contribution in [0.25, 0.3) is 46.4 Å². The number of fused-ring (bicyclic) bond motifs is 8. The first-order valence-corrected chi connectivity index (χ1v) is 10.2. The molecule has 2 aliphatic rings. The summed E-state index contributed by atoms with van der Waals surface area (Å²) >= 11 is 0. The number of nitrogens with zero attached hydrogens (tertiary/aromatic N) is 2. The molecule has 5 heterocycles. The van der Waals surface area contributed by atoms with Gasteiger partial charge in [0.25, 0.3) is 0 Å². The zero-order chi connectivity index (χ0) is 19.3. The second-order valence-corrected chi connectivity index (χ2v) is 8.11. The minimum Gasteiger partial charge on any atom is -0.355 e. The second-order valence-electron chi connectivity index (χ2n) is 6.57. The molecule has 0 radical (unpaired) electrons. The van der Waals surface area contributed by atoms with E-state index in [9.17, 15) is 14.4 Å². The monoisotopic (exact) mass is 390 g/mol. The van der Waals surface area contributed by atoms with Crippen LogP contribution in [0.3, 0.4) is 0 Å². The molecule has 0 amide bonds. The van der Waals surface area contributed by atoms with E-state index in [1.165, 1.54) is 0 Å². The normalized spacial score (nSPS) is 13.2. The summed E-state index contributed by atoms with van der Waals surface area (Å²) in [6.07, 6.45) is 6.65. The fraction of sp³-hybridized carbons (Fsp3) is 0. The zero-order valence-corrected chi connectivity index (χ0v) is 15.4. The third kappa shape index (κ3) is 3.12. The number of H-pyrrole nitrogens is 2. The van der Waals surface area contributed by atoms with Crippen LogP contribution in [-0.2, 0) is 4.57 Å². The van der Waals surface area contributed by atoms with E-state index < -0.39 is 7.60 Å². The van der Waals surface area contributed by atoms with Gasteiger partial charge in [-0.1, -0.05) is 0 Å². The molecular weight excluding hydrogens is 375 g/mol. The molecular formula is C20H15N4O3P. The molecule has 0 fully saturated rings. The van der Waals surface area contributed by atoms with Crippen LogP contribution in [0.1, 0.15) is 22.8 Å². The van der Waals surface area contributed by atoms with Crippen molar-refractivity contribution in [1.82, 2.24) is 19.9 Å². The van der Waals surface area contributed by atoms with Crippen molar-refractivity contribution in [3.63, 3.8) is 0 Å². The summed E-state index contributed by atoms with van der Waals surface area (Å²) < 4.78 is 12.2. The SMILES string of the molecule is O=P(O)(O)c1c2nc(cc3ccc(cc4ccc(cc5nc1C=C5)[nH]4)[nH]3)C=C2. The van der Waals surface area contributed by atoms with Gasteiger partial charge in [0.15, 0.2) is 0 Å². The van der Waals surface area contributed by atoms with E-state index in [2.05, 4.69) is 19.9 Å². The van der Waals surface area contributed by atoms with Gasteiger partial charge in [0, 0.05) is 22.1 Å². The molecule has 0 spiro atoms. The summed E-state index contributed by atoms with van der Waals surface area (Å²) in [5.41, 5.74) is 5.17. The van der Waals surface area contributed by atoms with Crippen LogP contribution < -0.4 is 5.30 Å². The molecule has 8 heteroatoms. The molecule has 0 unspecified atom stereocenters. The number of hydrogen-bond donors (Lipinski definition) is 4. The lowest BCUT2D eigenvalue weighted by molar-refractivity contribution is 0.387. The van der Waals surface area contributed by atoms with E-state index in [0.717, 1.165) is 22.1 Å². The quantitative estimate of drug-likeness (QED) is 0.327. The van der Waals surface area contributed by atoms with E-state index >= 15 is 0 Å². The summed E-state index contributed by atoms with van der Waals surface area (Å²) in [6, 6.07) is 13.4. The summed E-state index contributed by atoms with van der Waals surface area (Å²) in [5, 5.41) is -0.174. The topological polar surface area (TPSA) is 115 Å². The van der Waals surface area contributed by atoms with E-state index in [4.69, 9.17) is 0 Å². The lowest BCUT2D eigenvalue weighted by atomic mass is 10.3. The van der Waals surface area contributed by atoms with Gasteiger partial charge in [-0.25, -0.2) is 9.97 Å². The van der Waals surface area contributed by atoms with Gasteiger partial charge in [0.05, 0.1) is 22.8 Å². The first-order valence-electron chi connectivity index (χ1n) is 8.58. The molecule has 3 aromatic rings. The van der Waals surface area contributed by atoms with Gasteiger partial charge < -0.3 is 19.8 Å². The number of aromatic amines is 2. The maximum atomic E-state index is 12.2. The molecule has 138 valence electrons. The molecule has 0 aromatic carbocycles. The van der Waals surface area contributed by atoms with Gasteiger partial charge in [-0.15, -0.1) is 0 Å². The molecule has 4 N–H and O–H groups in total. The molecule has 5 rings (SSSR count). The Bertz CT molecular complexity index is 1280. The molecule has 3 aromatic heterocycles. The third-order valence-corrected chi connectivity index (χ3v) is 5.52. The first kappa shape index (κ1) is 16.9. The van der Waals surface area contributed by atoms with Crippen LogP contribution in [0.5, 0.6) is 0 Å². The fourth-order valence-electron chi connectivity index (χ4n) is 3.29. The largest absolute Gasteiger partial charge is 0.360 e. The first-order chi connectivity index (χ1) is 13.4. The Morgan fingerprint density at radius 1 is 0.679 bits per heavy atom. The van der Waals surface area contributed by atoms with Crippen LogP contribution in [0.15, 0.2) is 42.5 Å². The Morgan fingerprint density at radius 3 is 1.54 bits per heavy atom. The van der Waals surface area contributed by atoms with Crippen molar-refractivity contribution >= 4 is 59.3 Å². The highest BCUT2D eigenvalue weighted by Gasteiger charge is 2.27. The number of nitrogens with one attached hydrogen (secondary N) is 2. The molecule has 0 atom stereocenters. The van der Waals surface area contributed by atoms with Gasteiger partial charge in [0.2, 0.25) is 0 Å². The van der Waals surface area contributed by atoms with Crippen LogP contribution >= 0.6 is 7.60 Å². The van der Waals surface area contributed by atoms with E-state index in [-0.39, 0.29) is 16.7 Å². The van der Waals surface area contributed by atoms with Crippen LogP contribution in [-0.4, -0.2) is 29.7 Å². The van der Waals surface area contributed by atoms with E-state index in [1.807, 2.05) is 42.5 Å².